The number of carboxylic acids is 1. The average molecular weight is 277 g/mol. The lowest BCUT2D eigenvalue weighted by Crippen LogP contribution is -2.30. The van der Waals surface area contributed by atoms with Crippen molar-refractivity contribution in [3.8, 4) is 10.4 Å². The van der Waals surface area contributed by atoms with Crippen molar-refractivity contribution in [1.29, 1.82) is 0 Å². The number of aromatic nitrogens is 1. The largest absolute Gasteiger partial charge is 0.477 e. The summed E-state index contributed by atoms with van der Waals surface area (Å²) >= 11 is 1.43. The van der Waals surface area contributed by atoms with Crippen molar-refractivity contribution < 1.29 is 9.90 Å². The summed E-state index contributed by atoms with van der Waals surface area (Å²) in [6, 6.07) is 5.37. The molecule has 100 valence electrons. The second-order valence-corrected chi connectivity index (χ2v) is 5.57. The lowest BCUT2D eigenvalue weighted by atomic mass is 10.1. The third-order valence-corrected chi connectivity index (χ3v) is 3.86. The fraction of sp³-hybridized carbons (Fsp3) is 0.286. The molecule has 0 atom stereocenters. The SMILES string of the molecule is Cc1cc(-c2cccs2)c(C(=O)O)c(=O)n1C(C)C. The van der Waals surface area contributed by atoms with Gasteiger partial charge in [-0.25, -0.2) is 4.79 Å². The van der Waals surface area contributed by atoms with E-state index < -0.39 is 11.5 Å². The molecule has 2 aromatic heterocycles. The van der Waals surface area contributed by atoms with Gasteiger partial charge < -0.3 is 9.67 Å². The molecule has 2 heterocycles. The topological polar surface area (TPSA) is 59.3 Å². The van der Waals surface area contributed by atoms with Gasteiger partial charge in [0.05, 0.1) is 0 Å². The minimum atomic E-state index is -1.18. The first-order valence-electron chi connectivity index (χ1n) is 5.96. The van der Waals surface area contributed by atoms with Gasteiger partial charge in [-0.05, 0) is 38.3 Å². The number of hydrogen-bond donors (Lipinski definition) is 1. The molecule has 2 rings (SSSR count). The highest BCUT2D eigenvalue weighted by atomic mass is 32.1. The molecule has 0 unspecified atom stereocenters. The van der Waals surface area contributed by atoms with Crippen molar-refractivity contribution in [3.05, 3.63) is 45.2 Å². The van der Waals surface area contributed by atoms with Crippen molar-refractivity contribution in [2.45, 2.75) is 26.8 Å². The third-order valence-electron chi connectivity index (χ3n) is 2.95. The van der Waals surface area contributed by atoms with Gasteiger partial charge >= 0.3 is 5.97 Å². The van der Waals surface area contributed by atoms with Gasteiger partial charge in [0, 0.05) is 22.2 Å². The number of carboxylic acid groups (broad SMARTS) is 1. The predicted octanol–water partition coefficient (Wildman–Crippen LogP) is 3.16. The van der Waals surface area contributed by atoms with Crippen molar-refractivity contribution in [2.75, 3.05) is 0 Å². The number of aryl methyl sites for hydroxylation is 1. The second-order valence-electron chi connectivity index (χ2n) is 4.63. The van der Waals surface area contributed by atoms with Crippen LogP contribution in [0.4, 0.5) is 0 Å². The van der Waals surface area contributed by atoms with Gasteiger partial charge in [0.1, 0.15) is 5.56 Å². The maximum absolute atomic E-state index is 12.4. The van der Waals surface area contributed by atoms with Crippen LogP contribution >= 0.6 is 11.3 Å². The Morgan fingerprint density at radius 2 is 2.11 bits per heavy atom. The Balaban J connectivity index is 2.83. The summed E-state index contributed by atoms with van der Waals surface area (Å²) in [5, 5.41) is 11.2. The summed E-state index contributed by atoms with van der Waals surface area (Å²) in [5.74, 6) is -1.18. The smallest absolute Gasteiger partial charge is 0.342 e. The van der Waals surface area contributed by atoms with E-state index in [0.29, 0.717) is 5.56 Å². The zero-order valence-corrected chi connectivity index (χ0v) is 11.8. The highest BCUT2D eigenvalue weighted by Crippen LogP contribution is 2.28. The van der Waals surface area contributed by atoms with Crippen molar-refractivity contribution >= 4 is 17.3 Å². The number of nitrogens with zero attached hydrogens (tertiary/aromatic N) is 1. The number of thiophene rings is 1. The van der Waals surface area contributed by atoms with Gasteiger partial charge in [-0.2, -0.15) is 0 Å². The van der Waals surface area contributed by atoms with Crippen LogP contribution in [0.25, 0.3) is 10.4 Å². The molecule has 0 saturated heterocycles. The molecular weight excluding hydrogens is 262 g/mol. The van der Waals surface area contributed by atoms with E-state index in [1.807, 2.05) is 38.3 Å². The molecule has 0 amide bonds. The van der Waals surface area contributed by atoms with Gasteiger partial charge in [0.2, 0.25) is 0 Å². The summed E-state index contributed by atoms with van der Waals surface area (Å²) < 4.78 is 1.51. The van der Waals surface area contributed by atoms with Crippen LogP contribution in [0.15, 0.2) is 28.4 Å². The van der Waals surface area contributed by atoms with E-state index in [1.54, 1.807) is 6.07 Å². The fourth-order valence-electron chi connectivity index (χ4n) is 2.22. The average Bonchev–Trinajstić information content (AvgIpc) is 2.79. The molecule has 0 aliphatic heterocycles. The standard InChI is InChI=1S/C14H15NO3S/c1-8(2)15-9(3)7-10(11-5-4-6-19-11)12(13(15)16)14(17)18/h4-8H,1-3H3,(H,17,18). The molecule has 0 spiro atoms. The maximum atomic E-state index is 12.4. The normalized spacial score (nSPS) is 10.9. The molecule has 19 heavy (non-hydrogen) atoms. The minimum absolute atomic E-state index is 0.0667. The summed E-state index contributed by atoms with van der Waals surface area (Å²) in [5.41, 5.74) is 0.683. The maximum Gasteiger partial charge on any atom is 0.342 e. The molecule has 2 aromatic rings. The second kappa shape index (κ2) is 5.01. The summed E-state index contributed by atoms with van der Waals surface area (Å²) in [6.45, 7) is 5.56. The number of carbonyl (C=O) groups is 1. The highest BCUT2D eigenvalue weighted by Gasteiger charge is 2.21. The van der Waals surface area contributed by atoms with Crippen LogP contribution in [0.3, 0.4) is 0 Å². The van der Waals surface area contributed by atoms with Gasteiger partial charge in [-0.15, -0.1) is 11.3 Å². The van der Waals surface area contributed by atoms with Gasteiger partial charge in [0.15, 0.2) is 0 Å². The van der Waals surface area contributed by atoms with E-state index in [1.165, 1.54) is 15.9 Å². The van der Waals surface area contributed by atoms with E-state index in [9.17, 15) is 14.7 Å². The quantitative estimate of drug-likeness (QED) is 0.937. The Hall–Kier alpha value is -1.88. The molecule has 5 heteroatoms. The number of rotatable bonds is 3. The zero-order valence-electron chi connectivity index (χ0n) is 11.0. The molecule has 4 nitrogen and oxygen atoms in total. The Labute approximate surface area is 115 Å². The molecule has 0 aliphatic rings. The van der Waals surface area contributed by atoms with E-state index in [0.717, 1.165) is 10.6 Å². The first kappa shape index (κ1) is 13.5. The van der Waals surface area contributed by atoms with Crippen LogP contribution in [0, 0.1) is 6.92 Å². The van der Waals surface area contributed by atoms with Crippen molar-refractivity contribution in [2.24, 2.45) is 0 Å². The van der Waals surface area contributed by atoms with Crippen molar-refractivity contribution in [3.63, 3.8) is 0 Å². The fourth-order valence-corrected chi connectivity index (χ4v) is 2.97. The lowest BCUT2D eigenvalue weighted by molar-refractivity contribution is 0.0695. The molecule has 0 bridgehead atoms. The number of hydrogen-bond acceptors (Lipinski definition) is 3. The molecular formula is C14H15NO3S. The van der Waals surface area contributed by atoms with E-state index >= 15 is 0 Å². The van der Waals surface area contributed by atoms with Crippen LogP contribution < -0.4 is 5.56 Å². The van der Waals surface area contributed by atoms with E-state index in [-0.39, 0.29) is 11.6 Å². The van der Waals surface area contributed by atoms with Crippen LogP contribution in [-0.2, 0) is 0 Å². The summed E-state index contributed by atoms with van der Waals surface area (Å²) in [4.78, 5) is 24.6. The molecule has 0 aromatic carbocycles. The van der Waals surface area contributed by atoms with Gasteiger partial charge in [-0.3, -0.25) is 4.79 Å². The highest BCUT2D eigenvalue weighted by molar-refractivity contribution is 7.13. The molecule has 1 N–H and O–H groups in total. The first-order valence-corrected chi connectivity index (χ1v) is 6.84. The molecule has 0 radical (unpaired) electrons. The van der Waals surface area contributed by atoms with Gasteiger partial charge in [0.25, 0.3) is 5.56 Å². The predicted molar refractivity (Wildman–Crippen MR) is 76.1 cm³/mol. The summed E-state index contributed by atoms with van der Waals surface area (Å²) in [6.07, 6.45) is 0. The Morgan fingerprint density at radius 3 is 2.58 bits per heavy atom. The third kappa shape index (κ3) is 2.33. The van der Waals surface area contributed by atoms with Crippen molar-refractivity contribution in [1.82, 2.24) is 4.57 Å². The number of aromatic carboxylic acids is 1. The summed E-state index contributed by atoms with van der Waals surface area (Å²) in [7, 11) is 0. The van der Waals surface area contributed by atoms with E-state index in [2.05, 4.69) is 0 Å². The Morgan fingerprint density at radius 1 is 1.42 bits per heavy atom. The molecule has 0 fully saturated rings. The minimum Gasteiger partial charge on any atom is -0.477 e. The van der Waals surface area contributed by atoms with Gasteiger partial charge in [-0.1, -0.05) is 6.07 Å². The van der Waals surface area contributed by atoms with E-state index in [4.69, 9.17) is 0 Å². The zero-order chi connectivity index (χ0) is 14.2. The molecule has 0 saturated carbocycles. The first-order chi connectivity index (χ1) is 8.93. The van der Waals surface area contributed by atoms with Crippen LogP contribution in [0.5, 0.6) is 0 Å². The Bertz CT molecular complexity index is 669. The van der Waals surface area contributed by atoms with Crippen LogP contribution in [0.1, 0.15) is 35.9 Å². The molecule has 0 aliphatic carbocycles. The lowest BCUT2D eigenvalue weighted by Gasteiger charge is -2.16. The van der Waals surface area contributed by atoms with Crippen LogP contribution in [-0.4, -0.2) is 15.6 Å². The number of pyridine rings is 1. The Kier molecular flexibility index (Phi) is 3.57. The monoisotopic (exact) mass is 277 g/mol. The van der Waals surface area contributed by atoms with Crippen LogP contribution in [0.2, 0.25) is 0 Å².